The van der Waals surface area contributed by atoms with Crippen LogP contribution >= 0.6 is 0 Å². The summed E-state index contributed by atoms with van der Waals surface area (Å²) in [6.45, 7) is 6.12. The van der Waals surface area contributed by atoms with Gasteiger partial charge in [-0.05, 0) is 12.8 Å². The second kappa shape index (κ2) is 3.02. The molecule has 1 amide bonds. The van der Waals surface area contributed by atoms with Crippen LogP contribution in [-0.2, 0) is 4.79 Å². The van der Waals surface area contributed by atoms with Crippen LogP contribution < -0.4 is 5.32 Å². The predicted molar refractivity (Wildman–Crippen MR) is 49.7 cm³/mol. The molecule has 0 atom stereocenters. The summed E-state index contributed by atoms with van der Waals surface area (Å²) >= 11 is 0. The van der Waals surface area contributed by atoms with Crippen LogP contribution in [0.4, 0.5) is 0 Å². The Morgan fingerprint density at radius 2 is 2.08 bits per heavy atom. The van der Waals surface area contributed by atoms with Crippen LogP contribution in [0, 0.1) is 22.2 Å². The van der Waals surface area contributed by atoms with Crippen molar-refractivity contribution < 1.29 is 4.79 Å². The molecule has 0 aromatic carbocycles. The maximum Gasteiger partial charge on any atom is 0.225 e. The Kier molecular flexibility index (Phi) is 2.34. The SMILES string of the molecule is CC(C)(C)C(=O)NCC1(C#N)CC1. The molecule has 1 rings (SSSR count). The van der Waals surface area contributed by atoms with Crippen molar-refractivity contribution in [3.05, 3.63) is 0 Å². The van der Waals surface area contributed by atoms with Gasteiger partial charge in [0.05, 0.1) is 11.5 Å². The summed E-state index contributed by atoms with van der Waals surface area (Å²) in [5.74, 6) is 0.0222. The van der Waals surface area contributed by atoms with Crippen molar-refractivity contribution in [2.45, 2.75) is 33.6 Å². The van der Waals surface area contributed by atoms with E-state index in [4.69, 9.17) is 5.26 Å². The van der Waals surface area contributed by atoms with Crippen LogP contribution in [0.5, 0.6) is 0 Å². The summed E-state index contributed by atoms with van der Waals surface area (Å²) in [6.07, 6.45) is 1.85. The predicted octanol–water partition coefficient (Wildman–Crippen LogP) is 1.45. The monoisotopic (exact) mass is 180 g/mol. The van der Waals surface area contributed by atoms with Crippen LogP contribution in [0.25, 0.3) is 0 Å². The normalized spacial score (nSPS) is 18.9. The molecule has 0 aromatic heterocycles. The third-order valence-corrected chi connectivity index (χ3v) is 2.36. The Bertz CT molecular complexity index is 253. The number of rotatable bonds is 2. The summed E-state index contributed by atoms with van der Waals surface area (Å²) in [4.78, 5) is 11.4. The number of carbonyl (C=O) groups excluding carboxylic acids is 1. The number of nitriles is 1. The van der Waals surface area contributed by atoms with Crippen molar-refractivity contribution in [2.75, 3.05) is 6.54 Å². The number of nitrogens with zero attached hydrogens (tertiary/aromatic N) is 1. The molecule has 72 valence electrons. The summed E-state index contributed by atoms with van der Waals surface area (Å²) in [7, 11) is 0. The van der Waals surface area contributed by atoms with Gasteiger partial charge in [0.25, 0.3) is 0 Å². The molecule has 0 spiro atoms. The average Bonchev–Trinajstić information content (AvgIpc) is 2.79. The lowest BCUT2D eigenvalue weighted by Crippen LogP contribution is -2.37. The molecule has 1 aliphatic carbocycles. The zero-order valence-electron chi connectivity index (χ0n) is 8.48. The number of nitrogens with one attached hydrogen (secondary N) is 1. The fraction of sp³-hybridized carbons (Fsp3) is 0.800. The first kappa shape index (κ1) is 10.0. The van der Waals surface area contributed by atoms with Crippen LogP contribution in [0.2, 0.25) is 0 Å². The third-order valence-electron chi connectivity index (χ3n) is 2.36. The van der Waals surface area contributed by atoms with Crippen molar-refractivity contribution in [1.82, 2.24) is 5.32 Å². The van der Waals surface area contributed by atoms with Crippen molar-refractivity contribution in [3.8, 4) is 6.07 Å². The highest BCUT2D eigenvalue weighted by molar-refractivity contribution is 5.81. The minimum Gasteiger partial charge on any atom is -0.354 e. The maximum absolute atomic E-state index is 11.4. The maximum atomic E-state index is 11.4. The lowest BCUT2D eigenvalue weighted by atomic mass is 9.95. The third kappa shape index (κ3) is 2.45. The molecule has 0 saturated heterocycles. The van der Waals surface area contributed by atoms with Gasteiger partial charge >= 0.3 is 0 Å². The van der Waals surface area contributed by atoms with E-state index in [0.29, 0.717) is 6.54 Å². The summed E-state index contributed by atoms with van der Waals surface area (Å²) in [5.41, 5.74) is -0.591. The molecule has 3 nitrogen and oxygen atoms in total. The van der Waals surface area contributed by atoms with Gasteiger partial charge in [0.2, 0.25) is 5.91 Å². The molecule has 0 bridgehead atoms. The van der Waals surface area contributed by atoms with Gasteiger partial charge in [-0.15, -0.1) is 0 Å². The van der Waals surface area contributed by atoms with Crippen LogP contribution in [0.1, 0.15) is 33.6 Å². The van der Waals surface area contributed by atoms with E-state index >= 15 is 0 Å². The summed E-state index contributed by atoms with van der Waals surface area (Å²) in [5, 5.41) is 11.6. The Labute approximate surface area is 79.1 Å². The van der Waals surface area contributed by atoms with Crippen molar-refractivity contribution >= 4 is 5.91 Å². The van der Waals surface area contributed by atoms with Crippen molar-refractivity contribution in [1.29, 1.82) is 5.26 Å². The van der Waals surface area contributed by atoms with E-state index in [1.165, 1.54) is 0 Å². The molecule has 0 radical (unpaired) electrons. The number of hydrogen-bond acceptors (Lipinski definition) is 2. The van der Waals surface area contributed by atoms with Gasteiger partial charge < -0.3 is 5.32 Å². The Balaban J connectivity index is 2.36. The van der Waals surface area contributed by atoms with E-state index in [0.717, 1.165) is 12.8 Å². The molecule has 0 unspecified atom stereocenters. The van der Waals surface area contributed by atoms with Crippen molar-refractivity contribution in [2.24, 2.45) is 10.8 Å². The fourth-order valence-electron chi connectivity index (χ4n) is 0.994. The first-order valence-corrected chi connectivity index (χ1v) is 4.59. The number of amides is 1. The average molecular weight is 180 g/mol. The van der Waals surface area contributed by atoms with Gasteiger partial charge in [0.1, 0.15) is 0 Å². The second-order valence-electron chi connectivity index (χ2n) is 4.82. The molecular weight excluding hydrogens is 164 g/mol. The molecule has 1 saturated carbocycles. The highest BCUT2D eigenvalue weighted by atomic mass is 16.2. The molecule has 1 N–H and O–H groups in total. The number of hydrogen-bond donors (Lipinski definition) is 1. The van der Waals surface area contributed by atoms with E-state index in [9.17, 15) is 4.79 Å². The molecule has 0 aromatic rings. The van der Waals surface area contributed by atoms with Crippen LogP contribution in [0.15, 0.2) is 0 Å². The van der Waals surface area contributed by atoms with E-state index < -0.39 is 0 Å². The van der Waals surface area contributed by atoms with E-state index in [2.05, 4.69) is 11.4 Å². The molecule has 1 aliphatic rings. The second-order valence-corrected chi connectivity index (χ2v) is 4.82. The van der Waals surface area contributed by atoms with Gasteiger partial charge in [0.15, 0.2) is 0 Å². The first-order valence-electron chi connectivity index (χ1n) is 4.59. The highest BCUT2D eigenvalue weighted by Gasteiger charge is 2.43. The van der Waals surface area contributed by atoms with Gasteiger partial charge in [0, 0.05) is 12.0 Å². The minimum atomic E-state index is -0.356. The zero-order valence-corrected chi connectivity index (χ0v) is 8.48. The highest BCUT2D eigenvalue weighted by Crippen LogP contribution is 2.44. The topological polar surface area (TPSA) is 52.9 Å². The summed E-state index contributed by atoms with van der Waals surface area (Å²) in [6, 6.07) is 2.24. The smallest absolute Gasteiger partial charge is 0.225 e. The zero-order chi connectivity index (χ0) is 10.1. The van der Waals surface area contributed by atoms with Crippen molar-refractivity contribution in [3.63, 3.8) is 0 Å². The van der Waals surface area contributed by atoms with E-state index in [1.807, 2.05) is 20.8 Å². The molecular formula is C10H16N2O. The largest absolute Gasteiger partial charge is 0.354 e. The van der Waals surface area contributed by atoms with Gasteiger partial charge in [-0.2, -0.15) is 5.26 Å². The van der Waals surface area contributed by atoms with Crippen LogP contribution in [-0.4, -0.2) is 12.5 Å². The fourth-order valence-corrected chi connectivity index (χ4v) is 0.994. The van der Waals surface area contributed by atoms with Gasteiger partial charge in [-0.1, -0.05) is 20.8 Å². The molecule has 3 heteroatoms. The van der Waals surface area contributed by atoms with Gasteiger partial charge in [-0.25, -0.2) is 0 Å². The van der Waals surface area contributed by atoms with E-state index in [-0.39, 0.29) is 16.7 Å². The molecule has 0 aliphatic heterocycles. The molecule has 0 heterocycles. The Morgan fingerprint density at radius 3 is 2.38 bits per heavy atom. The molecule has 1 fully saturated rings. The lowest BCUT2D eigenvalue weighted by molar-refractivity contribution is -0.128. The Morgan fingerprint density at radius 1 is 1.54 bits per heavy atom. The quantitative estimate of drug-likeness (QED) is 0.699. The number of carbonyl (C=O) groups is 1. The lowest BCUT2D eigenvalue weighted by Gasteiger charge is -2.18. The van der Waals surface area contributed by atoms with Gasteiger partial charge in [-0.3, -0.25) is 4.79 Å². The standard InChI is InChI=1S/C10H16N2O/c1-9(2,3)8(13)12-7-10(6-11)4-5-10/h4-5,7H2,1-3H3,(H,12,13). The first-order chi connectivity index (χ1) is 5.90. The Hall–Kier alpha value is -1.04. The summed E-state index contributed by atoms with van der Waals surface area (Å²) < 4.78 is 0. The van der Waals surface area contributed by atoms with E-state index in [1.54, 1.807) is 0 Å². The van der Waals surface area contributed by atoms with Crippen LogP contribution in [0.3, 0.4) is 0 Å². The molecule has 13 heavy (non-hydrogen) atoms. The minimum absolute atomic E-state index is 0.0222.